The maximum Gasteiger partial charge on any atom is 0.262 e. The van der Waals surface area contributed by atoms with E-state index in [2.05, 4.69) is 42.2 Å². The molecule has 0 saturated carbocycles. The molecule has 1 N–H and O–H groups in total. The molecule has 2 rings (SSSR count). The molecule has 0 aromatic carbocycles. The van der Waals surface area contributed by atoms with Crippen LogP contribution in [0, 0.1) is 0 Å². The van der Waals surface area contributed by atoms with E-state index in [0.29, 0.717) is 20.6 Å². The molecule has 0 saturated heterocycles. The normalized spacial score (nSPS) is 14.5. The zero-order valence-corrected chi connectivity index (χ0v) is 9.48. The first kappa shape index (κ1) is 8.96. The molecule has 0 radical (unpaired) electrons. The van der Waals surface area contributed by atoms with Gasteiger partial charge in [0, 0.05) is 6.07 Å². The molecule has 0 fully saturated rings. The van der Waals surface area contributed by atoms with Gasteiger partial charge < -0.3 is 10.1 Å². The van der Waals surface area contributed by atoms with Gasteiger partial charge in [0.15, 0.2) is 6.61 Å². The summed E-state index contributed by atoms with van der Waals surface area (Å²) in [5.74, 6) is 0.450. The van der Waals surface area contributed by atoms with Gasteiger partial charge in [0.05, 0.1) is 0 Å². The second-order valence-electron chi connectivity index (χ2n) is 2.45. The summed E-state index contributed by atoms with van der Waals surface area (Å²) in [6, 6.07) is 1.71. The minimum absolute atomic E-state index is 0.0515. The number of fused-ring (bicyclic) bond motifs is 1. The second kappa shape index (κ2) is 3.26. The zero-order valence-electron chi connectivity index (χ0n) is 6.30. The minimum atomic E-state index is -0.169. The first-order valence-electron chi connectivity index (χ1n) is 3.45. The highest BCUT2D eigenvalue weighted by atomic mass is 79.9. The summed E-state index contributed by atoms with van der Waals surface area (Å²) >= 11 is 6.45. The minimum Gasteiger partial charge on any atom is -0.481 e. The Morgan fingerprint density at radius 2 is 2.31 bits per heavy atom. The highest BCUT2D eigenvalue weighted by Gasteiger charge is 2.19. The van der Waals surface area contributed by atoms with Gasteiger partial charge in [0.25, 0.3) is 5.91 Å². The van der Waals surface area contributed by atoms with Crippen molar-refractivity contribution in [2.75, 3.05) is 11.9 Å². The van der Waals surface area contributed by atoms with Gasteiger partial charge in [-0.25, -0.2) is 4.98 Å². The standard InChI is InChI=1S/C7H4Br2N2O2/c8-4-1-3-6(7(9)10-4)11-5(12)2-13-3/h1H,2H2,(H,11,12). The van der Waals surface area contributed by atoms with E-state index in [1.54, 1.807) is 6.07 Å². The lowest BCUT2D eigenvalue weighted by Crippen LogP contribution is -2.25. The zero-order chi connectivity index (χ0) is 9.42. The largest absolute Gasteiger partial charge is 0.481 e. The van der Waals surface area contributed by atoms with Crippen LogP contribution in [-0.4, -0.2) is 17.5 Å². The van der Waals surface area contributed by atoms with E-state index in [1.807, 2.05) is 0 Å². The van der Waals surface area contributed by atoms with E-state index in [9.17, 15) is 4.79 Å². The highest BCUT2D eigenvalue weighted by molar-refractivity contribution is 9.11. The summed E-state index contributed by atoms with van der Waals surface area (Å²) in [5, 5.41) is 2.66. The number of hydrogen-bond acceptors (Lipinski definition) is 3. The van der Waals surface area contributed by atoms with Crippen molar-refractivity contribution in [2.45, 2.75) is 0 Å². The number of nitrogens with one attached hydrogen (secondary N) is 1. The fraction of sp³-hybridized carbons (Fsp3) is 0.143. The number of ether oxygens (including phenoxy) is 1. The van der Waals surface area contributed by atoms with Crippen molar-refractivity contribution in [3.8, 4) is 5.75 Å². The van der Waals surface area contributed by atoms with E-state index in [1.165, 1.54) is 0 Å². The first-order chi connectivity index (χ1) is 6.16. The van der Waals surface area contributed by atoms with Crippen molar-refractivity contribution in [3.05, 3.63) is 15.3 Å². The van der Waals surface area contributed by atoms with Crippen LogP contribution in [0.25, 0.3) is 0 Å². The molecule has 0 atom stereocenters. The van der Waals surface area contributed by atoms with Crippen LogP contribution in [0.15, 0.2) is 15.3 Å². The monoisotopic (exact) mass is 306 g/mol. The average molecular weight is 308 g/mol. The lowest BCUT2D eigenvalue weighted by Gasteiger charge is -2.18. The van der Waals surface area contributed by atoms with E-state index < -0.39 is 0 Å². The Kier molecular flexibility index (Phi) is 2.25. The van der Waals surface area contributed by atoms with Gasteiger partial charge in [0.1, 0.15) is 20.6 Å². The fourth-order valence-electron chi connectivity index (χ4n) is 1.01. The van der Waals surface area contributed by atoms with Gasteiger partial charge in [-0.05, 0) is 31.9 Å². The van der Waals surface area contributed by atoms with E-state index in [0.717, 1.165) is 0 Å². The summed E-state index contributed by atoms with van der Waals surface area (Å²) < 4.78 is 6.41. The Bertz CT molecular complexity index is 381. The van der Waals surface area contributed by atoms with Crippen LogP contribution in [0.3, 0.4) is 0 Å². The van der Waals surface area contributed by atoms with E-state index in [4.69, 9.17) is 4.74 Å². The van der Waals surface area contributed by atoms with Crippen LogP contribution < -0.4 is 10.1 Å². The summed E-state index contributed by atoms with van der Waals surface area (Å²) in [6.45, 7) is 0.0515. The Hall–Kier alpha value is -0.620. The molecule has 0 spiro atoms. The van der Waals surface area contributed by atoms with Crippen molar-refractivity contribution < 1.29 is 9.53 Å². The quantitative estimate of drug-likeness (QED) is 0.745. The number of pyridine rings is 1. The van der Waals surface area contributed by atoms with Gasteiger partial charge in [-0.3, -0.25) is 4.79 Å². The van der Waals surface area contributed by atoms with Crippen LogP contribution in [0.2, 0.25) is 0 Å². The predicted octanol–water partition coefficient (Wildman–Crippen LogP) is 1.94. The number of amides is 1. The molecular formula is C7H4Br2N2O2. The van der Waals surface area contributed by atoms with Crippen molar-refractivity contribution in [2.24, 2.45) is 0 Å². The van der Waals surface area contributed by atoms with Gasteiger partial charge in [-0.15, -0.1) is 0 Å². The van der Waals surface area contributed by atoms with Crippen molar-refractivity contribution in [1.82, 2.24) is 4.98 Å². The topological polar surface area (TPSA) is 51.2 Å². The predicted molar refractivity (Wildman–Crippen MR) is 53.8 cm³/mol. The summed E-state index contributed by atoms with van der Waals surface area (Å²) in [6.07, 6.45) is 0. The van der Waals surface area contributed by atoms with Gasteiger partial charge >= 0.3 is 0 Å². The SMILES string of the molecule is O=C1COc2cc(Br)nc(Br)c2N1. The molecule has 0 bridgehead atoms. The molecule has 0 aliphatic carbocycles. The molecular weight excluding hydrogens is 304 g/mol. The third-order valence-corrected chi connectivity index (χ3v) is 2.51. The van der Waals surface area contributed by atoms with Crippen LogP contribution in [0.1, 0.15) is 0 Å². The molecule has 4 nitrogen and oxygen atoms in total. The van der Waals surface area contributed by atoms with E-state index >= 15 is 0 Å². The molecule has 0 unspecified atom stereocenters. The lowest BCUT2D eigenvalue weighted by molar-refractivity contribution is -0.118. The third kappa shape index (κ3) is 1.68. The number of anilines is 1. The van der Waals surface area contributed by atoms with Gasteiger partial charge in [-0.1, -0.05) is 0 Å². The molecule has 1 aliphatic heterocycles. The Balaban J connectivity index is 2.53. The van der Waals surface area contributed by atoms with Gasteiger partial charge in [0.2, 0.25) is 0 Å². The maximum absolute atomic E-state index is 11.0. The third-order valence-electron chi connectivity index (χ3n) is 1.53. The van der Waals surface area contributed by atoms with Crippen molar-refractivity contribution in [1.29, 1.82) is 0 Å². The van der Waals surface area contributed by atoms with Crippen molar-refractivity contribution >= 4 is 43.5 Å². The average Bonchev–Trinajstić information content (AvgIpc) is 2.06. The van der Waals surface area contributed by atoms with Crippen LogP contribution in [0.5, 0.6) is 5.75 Å². The molecule has 2 heterocycles. The maximum atomic E-state index is 11.0. The number of hydrogen-bond donors (Lipinski definition) is 1. The molecule has 13 heavy (non-hydrogen) atoms. The summed E-state index contributed by atoms with van der Waals surface area (Å²) in [7, 11) is 0. The van der Waals surface area contributed by atoms with Crippen LogP contribution >= 0.6 is 31.9 Å². The van der Waals surface area contributed by atoms with E-state index in [-0.39, 0.29) is 12.5 Å². The summed E-state index contributed by atoms with van der Waals surface area (Å²) in [4.78, 5) is 15.0. The molecule has 1 amide bonds. The fourth-order valence-corrected chi connectivity index (χ4v) is 2.12. The molecule has 1 aromatic heterocycles. The Labute approximate surface area is 90.9 Å². The number of carbonyl (C=O) groups excluding carboxylic acids is 1. The van der Waals surface area contributed by atoms with Gasteiger partial charge in [-0.2, -0.15) is 0 Å². The number of carbonyl (C=O) groups is 1. The van der Waals surface area contributed by atoms with Crippen LogP contribution in [-0.2, 0) is 4.79 Å². The number of rotatable bonds is 0. The molecule has 6 heteroatoms. The Morgan fingerprint density at radius 3 is 3.08 bits per heavy atom. The smallest absolute Gasteiger partial charge is 0.262 e. The highest BCUT2D eigenvalue weighted by Crippen LogP contribution is 2.35. The number of nitrogens with zero attached hydrogens (tertiary/aromatic N) is 1. The van der Waals surface area contributed by atoms with Crippen LogP contribution in [0.4, 0.5) is 5.69 Å². The summed E-state index contributed by atoms with van der Waals surface area (Å²) in [5.41, 5.74) is 0.583. The van der Waals surface area contributed by atoms with Crippen molar-refractivity contribution in [3.63, 3.8) is 0 Å². The lowest BCUT2D eigenvalue weighted by atomic mass is 10.3. The Morgan fingerprint density at radius 1 is 1.54 bits per heavy atom. The second-order valence-corrected chi connectivity index (χ2v) is 4.01. The number of aromatic nitrogens is 1. The molecule has 68 valence electrons. The number of halogens is 2. The molecule has 1 aromatic rings. The first-order valence-corrected chi connectivity index (χ1v) is 5.04. The molecule has 1 aliphatic rings.